The van der Waals surface area contributed by atoms with Crippen molar-refractivity contribution in [1.82, 2.24) is 10.6 Å². The van der Waals surface area contributed by atoms with Crippen molar-refractivity contribution in [3.63, 3.8) is 0 Å². The summed E-state index contributed by atoms with van der Waals surface area (Å²) in [6, 6.07) is 10.0. The summed E-state index contributed by atoms with van der Waals surface area (Å²) in [5.41, 5.74) is 0.174. The molecule has 1 aliphatic heterocycles. The molecule has 1 saturated heterocycles. The molecule has 25 heavy (non-hydrogen) atoms. The van der Waals surface area contributed by atoms with E-state index in [9.17, 15) is 9.90 Å². The maximum atomic E-state index is 12.8. The Kier molecular flexibility index (Phi) is 6.99. The number of amides is 1. The van der Waals surface area contributed by atoms with Crippen molar-refractivity contribution in [1.29, 1.82) is 0 Å². The van der Waals surface area contributed by atoms with E-state index in [1.807, 2.05) is 44.2 Å². The van der Waals surface area contributed by atoms with Gasteiger partial charge in [-0.15, -0.1) is 0 Å². The van der Waals surface area contributed by atoms with E-state index in [1.165, 1.54) is 0 Å². The Bertz CT molecular complexity index is 547. The van der Waals surface area contributed by atoms with Crippen molar-refractivity contribution < 1.29 is 14.6 Å². The zero-order chi connectivity index (χ0) is 18.4. The second-order valence-electron chi connectivity index (χ2n) is 7.52. The van der Waals surface area contributed by atoms with E-state index < -0.39 is 11.6 Å². The molecule has 1 aromatic rings. The molecule has 0 saturated carbocycles. The Labute approximate surface area is 151 Å². The lowest BCUT2D eigenvalue weighted by atomic mass is 9.85. The van der Waals surface area contributed by atoms with Crippen molar-refractivity contribution in [2.24, 2.45) is 5.92 Å². The predicted octanol–water partition coefficient (Wildman–Crippen LogP) is 2.24. The van der Waals surface area contributed by atoms with Crippen molar-refractivity contribution in [3.05, 3.63) is 35.9 Å². The van der Waals surface area contributed by atoms with Crippen molar-refractivity contribution in [3.8, 4) is 0 Å². The van der Waals surface area contributed by atoms with E-state index in [4.69, 9.17) is 4.74 Å². The molecule has 0 aliphatic carbocycles. The van der Waals surface area contributed by atoms with Crippen molar-refractivity contribution in [2.75, 3.05) is 6.61 Å². The molecule has 2 rings (SSSR count). The highest BCUT2D eigenvalue weighted by Gasteiger charge is 2.51. The summed E-state index contributed by atoms with van der Waals surface area (Å²) in [5.74, 6) is 0.122. The van der Waals surface area contributed by atoms with Crippen LogP contribution in [0, 0.1) is 5.92 Å². The fourth-order valence-corrected chi connectivity index (χ4v) is 3.23. The zero-order valence-corrected chi connectivity index (χ0v) is 15.8. The van der Waals surface area contributed by atoms with E-state index in [0.29, 0.717) is 19.4 Å². The number of nitrogens with one attached hydrogen (secondary N) is 2. The van der Waals surface area contributed by atoms with Crippen LogP contribution < -0.4 is 10.6 Å². The summed E-state index contributed by atoms with van der Waals surface area (Å²) in [4.78, 5) is 12.8. The molecule has 0 aromatic heterocycles. The summed E-state index contributed by atoms with van der Waals surface area (Å²) >= 11 is 0. The van der Waals surface area contributed by atoms with Gasteiger partial charge in [0.2, 0.25) is 5.91 Å². The van der Waals surface area contributed by atoms with Crippen LogP contribution in [0.5, 0.6) is 0 Å². The van der Waals surface area contributed by atoms with Crippen molar-refractivity contribution in [2.45, 2.75) is 70.9 Å². The van der Waals surface area contributed by atoms with Crippen LogP contribution in [0.1, 0.15) is 46.1 Å². The maximum absolute atomic E-state index is 12.8. The minimum absolute atomic E-state index is 0.101. The normalized spacial score (nSPS) is 24.8. The lowest BCUT2D eigenvalue weighted by Gasteiger charge is -2.33. The number of carbonyl (C=O) groups is 1. The fraction of sp³-hybridized carbons (Fsp3) is 0.650. The average molecular weight is 348 g/mol. The summed E-state index contributed by atoms with van der Waals surface area (Å²) in [6.07, 6.45) is 0.914. The summed E-state index contributed by atoms with van der Waals surface area (Å²) < 4.78 is 5.65. The minimum atomic E-state index is -0.987. The molecule has 1 fully saturated rings. The Balaban J connectivity index is 2.08. The molecule has 1 amide bonds. The van der Waals surface area contributed by atoms with Crippen LogP contribution in [-0.2, 0) is 16.0 Å². The molecule has 1 aromatic carbocycles. The molecule has 0 bridgehead atoms. The third kappa shape index (κ3) is 5.03. The summed E-state index contributed by atoms with van der Waals surface area (Å²) in [6.45, 7) is 8.48. The van der Waals surface area contributed by atoms with Gasteiger partial charge in [0.25, 0.3) is 0 Å². The van der Waals surface area contributed by atoms with Gasteiger partial charge in [0.05, 0.1) is 18.4 Å². The van der Waals surface area contributed by atoms with E-state index in [-0.39, 0.29) is 24.1 Å². The van der Waals surface area contributed by atoms with Gasteiger partial charge in [-0.05, 0) is 38.2 Å². The van der Waals surface area contributed by atoms with E-state index >= 15 is 0 Å². The molecular weight excluding hydrogens is 316 g/mol. The smallest absolute Gasteiger partial charge is 0.244 e. The lowest BCUT2D eigenvalue weighted by Crippen LogP contribution is -2.58. The Morgan fingerprint density at radius 3 is 2.44 bits per heavy atom. The third-order valence-corrected chi connectivity index (χ3v) is 4.84. The number of aliphatic hydroxyl groups excluding tert-OH is 1. The van der Waals surface area contributed by atoms with Gasteiger partial charge in [0, 0.05) is 13.0 Å². The van der Waals surface area contributed by atoms with Gasteiger partial charge in [0.1, 0.15) is 5.54 Å². The van der Waals surface area contributed by atoms with Gasteiger partial charge in [-0.2, -0.15) is 0 Å². The summed E-state index contributed by atoms with van der Waals surface area (Å²) in [5, 5.41) is 17.3. The zero-order valence-electron chi connectivity index (χ0n) is 15.8. The Hall–Kier alpha value is -1.43. The van der Waals surface area contributed by atoms with Gasteiger partial charge in [-0.25, -0.2) is 0 Å². The monoisotopic (exact) mass is 348 g/mol. The number of hydrogen-bond donors (Lipinski definition) is 3. The maximum Gasteiger partial charge on any atom is 0.244 e. The first-order chi connectivity index (χ1) is 11.8. The first-order valence-corrected chi connectivity index (χ1v) is 9.27. The number of ether oxygens (including phenoxy) is 1. The van der Waals surface area contributed by atoms with E-state index in [0.717, 1.165) is 12.0 Å². The van der Waals surface area contributed by atoms with E-state index in [1.54, 1.807) is 0 Å². The van der Waals surface area contributed by atoms with Crippen LogP contribution in [0.2, 0.25) is 0 Å². The SMILES string of the molecule is CC(C)OCC[C@@]1(C(O)CCc2ccccc2)NC(C(C)C)NC1=O. The fourth-order valence-electron chi connectivity index (χ4n) is 3.23. The Morgan fingerprint density at radius 2 is 1.88 bits per heavy atom. The standard InChI is InChI=1S/C20H32N2O3/c1-14(2)18-21-19(24)20(22-18,12-13-25-15(3)4)17(23)11-10-16-8-6-5-7-9-16/h5-9,14-15,17-18,22-23H,10-13H2,1-4H3,(H,21,24)/t17?,18?,20-/m0/s1. The van der Waals surface area contributed by atoms with Gasteiger partial charge in [0.15, 0.2) is 0 Å². The highest BCUT2D eigenvalue weighted by Crippen LogP contribution is 2.27. The number of aliphatic hydroxyl groups is 1. The van der Waals surface area contributed by atoms with Crippen LogP contribution in [0.25, 0.3) is 0 Å². The topological polar surface area (TPSA) is 70.6 Å². The molecule has 140 valence electrons. The molecule has 2 unspecified atom stereocenters. The van der Waals surface area contributed by atoms with Gasteiger partial charge >= 0.3 is 0 Å². The lowest BCUT2D eigenvalue weighted by molar-refractivity contribution is -0.129. The highest BCUT2D eigenvalue weighted by atomic mass is 16.5. The Morgan fingerprint density at radius 1 is 1.20 bits per heavy atom. The summed E-state index contributed by atoms with van der Waals surface area (Å²) in [7, 11) is 0. The molecule has 0 spiro atoms. The van der Waals surface area contributed by atoms with Gasteiger partial charge < -0.3 is 15.2 Å². The second kappa shape index (κ2) is 8.79. The molecule has 5 heteroatoms. The largest absolute Gasteiger partial charge is 0.391 e. The average Bonchev–Trinajstić information content (AvgIpc) is 2.91. The quantitative estimate of drug-likeness (QED) is 0.640. The van der Waals surface area contributed by atoms with Crippen LogP contribution in [0.4, 0.5) is 0 Å². The number of hydrogen-bond acceptors (Lipinski definition) is 4. The molecule has 0 radical (unpaired) electrons. The van der Waals surface area contributed by atoms with E-state index in [2.05, 4.69) is 24.5 Å². The van der Waals surface area contributed by atoms with Crippen LogP contribution in [-0.4, -0.2) is 41.5 Å². The third-order valence-electron chi connectivity index (χ3n) is 4.84. The molecule has 3 N–H and O–H groups in total. The number of benzene rings is 1. The number of aryl methyl sites for hydroxylation is 1. The second-order valence-corrected chi connectivity index (χ2v) is 7.52. The number of rotatable bonds is 9. The van der Waals surface area contributed by atoms with Crippen LogP contribution in [0.3, 0.4) is 0 Å². The molecule has 3 atom stereocenters. The first-order valence-electron chi connectivity index (χ1n) is 9.27. The number of carbonyl (C=O) groups excluding carboxylic acids is 1. The molecule has 5 nitrogen and oxygen atoms in total. The van der Waals surface area contributed by atoms with Gasteiger partial charge in [-0.1, -0.05) is 44.2 Å². The minimum Gasteiger partial charge on any atom is -0.391 e. The molecule has 1 heterocycles. The van der Waals surface area contributed by atoms with Gasteiger partial charge in [-0.3, -0.25) is 10.1 Å². The van der Waals surface area contributed by atoms with Crippen LogP contribution in [0.15, 0.2) is 30.3 Å². The van der Waals surface area contributed by atoms with Crippen LogP contribution >= 0.6 is 0 Å². The molecule has 1 aliphatic rings. The first kappa shape index (κ1) is 19.9. The van der Waals surface area contributed by atoms with Crippen molar-refractivity contribution >= 4 is 5.91 Å². The predicted molar refractivity (Wildman–Crippen MR) is 99.1 cm³/mol. The highest BCUT2D eigenvalue weighted by molar-refractivity contribution is 5.89. The molecular formula is C20H32N2O3.